The van der Waals surface area contributed by atoms with Crippen LogP contribution < -0.4 is 11.1 Å². The lowest BCUT2D eigenvalue weighted by molar-refractivity contribution is 0.525. The quantitative estimate of drug-likeness (QED) is 0.709. The standard InChI is InChI=1S/C14H19N3/c15-11-5-6-14-13(7-11)10(9-17-14)8-16-12-3-1-2-4-12/h5-7,9,12,16-17H,1-4,8,15H2. The number of nitrogens with two attached hydrogens (primary N) is 1. The monoisotopic (exact) mass is 229 g/mol. The van der Waals surface area contributed by atoms with Crippen LogP contribution in [0.1, 0.15) is 31.2 Å². The summed E-state index contributed by atoms with van der Waals surface area (Å²) in [6.07, 6.45) is 7.48. The molecule has 1 saturated carbocycles. The number of fused-ring (bicyclic) bond motifs is 1. The molecule has 1 aliphatic carbocycles. The molecule has 0 aliphatic heterocycles. The van der Waals surface area contributed by atoms with Gasteiger partial charge in [-0.05, 0) is 36.6 Å². The molecule has 90 valence electrons. The van der Waals surface area contributed by atoms with Crippen LogP contribution in [0, 0.1) is 0 Å². The van der Waals surface area contributed by atoms with Crippen molar-refractivity contribution < 1.29 is 0 Å². The van der Waals surface area contributed by atoms with E-state index in [1.807, 2.05) is 12.1 Å². The highest BCUT2D eigenvalue weighted by molar-refractivity contribution is 5.86. The van der Waals surface area contributed by atoms with Gasteiger partial charge in [0.05, 0.1) is 0 Å². The van der Waals surface area contributed by atoms with Gasteiger partial charge in [-0.1, -0.05) is 12.8 Å². The summed E-state index contributed by atoms with van der Waals surface area (Å²) >= 11 is 0. The highest BCUT2D eigenvalue weighted by Crippen LogP contribution is 2.22. The molecule has 4 N–H and O–H groups in total. The van der Waals surface area contributed by atoms with Crippen molar-refractivity contribution in [2.75, 3.05) is 5.73 Å². The van der Waals surface area contributed by atoms with Crippen molar-refractivity contribution in [1.82, 2.24) is 10.3 Å². The van der Waals surface area contributed by atoms with Crippen LogP contribution in [-0.2, 0) is 6.54 Å². The third-order valence-electron chi connectivity index (χ3n) is 3.73. The maximum atomic E-state index is 5.84. The molecule has 3 rings (SSSR count). The van der Waals surface area contributed by atoms with E-state index in [2.05, 4.69) is 22.6 Å². The Morgan fingerprint density at radius 2 is 2.12 bits per heavy atom. The molecule has 0 atom stereocenters. The number of aromatic amines is 1. The van der Waals surface area contributed by atoms with Crippen LogP contribution in [0.3, 0.4) is 0 Å². The minimum atomic E-state index is 0.709. The van der Waals surface area contributed by atoms with Gasteiger partial charge in [-0.3, -0.25) is 0 Å². The van der Waals surface area contributed by atoms with Crippen LogP contribution >= 0.6 is 0 Å². The molecule has 1 aromatic heterocycles. The number of hydrogen-bond donors (Lipinski definition) is 3. The van der Waals surface area contributed by atoms with Crippen molar-refractivity contribution >= 4 is 16.6 Å². The zero-order valence-electron chi connectivity index (χ0n) is 10.00. The second kappa shape index (κ2) is 4.41. The lowest BCUT2D eigenvalue weighted by Crippen LogP contribution is -2.25. The Labute approximate surface area is 101 Å². The van der Waals surface area contributed by atoms with Gasteiger partial charge in [-0.25, -0.2) is 0 Å². The molecule has 0 spiro atoms. The third kappa shape index (κ3) is 2.15. The van der Waals surface area contributed by atoms with Gasteiger partial charge in [0.25, 0.3) is 0 Å². The van der Waals surface area contributed by atoms with Crippen molar-refractivity contribution in [1.29, 1.82) is 0 Å². The van der Waals surface area contributed by atoms with Crippen LogP contribution in [0.2, 0.25) is 0 Å². The molecule has 2 aromatic rings. The maximum absolute atomic E-state index is 5.84. The van der Waals surface area contributed by atoms with E-state index in [-0.39, 0.29) is 0 Å². The molecule has 0 amide bonds. The Bertz CT molecular complexity index is 509. The van der Waals surface area contributed by atoms with Crippen molar-refractivity contribution in [3.63, 3.8) is 0 Å². The van der Waals surface area contributed by atoms with E-state index in [1.54, 1.807) is 0 Å². The zero-order valence-corrected chi connectivity index (χ0v) is 10.00. The predicted octanol–water partition coefficient (Wildman–Crippen LogP) is 2.78. The van der Waals surface area contributed by atoms with Crippen LogP contribution in [-0.4, -0.2) is 11.0 Å². The van der Waals surface area contributed by atoms with E-state index in [0.717, 1.165) is 12.2 Å². The number of hydrogen-bond acceptors (Lipinski definition) is 2. The van der Waals surface area contributed by atoms with Gasteiger partial charge in [-0.15, -0.1) is 0 Å². The summed E-state index contributed by atoms with van der Waals surface area (Å²) in [5.41, 5.74) is 9.16. The largest absolute Gasteiger partial charge is 0.399 e. The number of nitrogen functional groups attached to an aromatic ring is 1. The first kappa shape index (κ1) is 10.7. The zero-order chi connectivity index (χ0) is 11.7. The number of benzene rings is 1. The first-order valence-electron chi connectivity index (χ1n) is 6.42. The van der Waals surface area contributed by atoms with E-state index in [0.29, 0.717) is 6.04 Å². The highest BCUT2D eigenvalue weighted by atomic mass is 14.9. The Hall–Kier alpha value is -1.48. The smallest absolute Gasteiger partial charge is 0.0458 e. The highest BCUT2D eigenvalue weighted by Gasteiger charge is 2.14. The summed E-state index contributed by atoms with van der Waals surface area (Å²) in [6.45, 7) is 0.939. The molecule has 17 heavy (non-hydrogen) atoms. The average molecular weight is 229 g/mol. The van der Waals surface area contributed by atoms with Crippen molar-refractivity contribution in [2.45, 2.75) is 38.3 Å². The SMILES string of the molecule is Nc1ccc2[nH]cc(CNC3CCCC3)c2c1. The molecular weight excluding hydrogens is 210 g/mol. The van der Waals surface area contributed by atoms with Gasteiger partial charge in [0.1, 0.15) is 0 Å². The molecular formula is C14H19N3. The number of rotatable bonds is 3. The van der Waals surface area contributed by atoms with E-state index >= 15 is 0 Å². The van der Waals surface area contributed by atoms with Crippen LogP contribution in [0.5, 0.6) is 0 Å². The summed E-state index contributed by atoms with van der Waals surface area (Å²) in [5.74, 6) is 0. The molecule has 1 fully saturated rings. The van der Waals surface area contributed by atoms with Gasteiger partial charge >= 0.3 is 0 Å². The molecule has 1 aromatic carbocycles. The summed E-state index contributed by atoms with van der Waals surface area (Å²) in [4.78, 5) is 3.30. The van der Waals surface area contributed by atoms with E-state index in [1.165, 1.54) is 42.1 Å². The molecule has 3 nitrogen and oxygen atoms in total. The minimum Gasteiger partial charge on any atom is -0.399 e. The van der Waals surface area contributed by atoms with E-state index in [4.69, 9.17) is 5.73 Å². The molecule has 1 heterocycles. The minimum absolute atomic E-state index is 0.709. The first-order chi connectivity index (χ1) is 8.33. The third-order valence-corrected chi connectivity index (χ3v) is 3.73. The molecule has 0 unspecified atom stereocenters. The number of nitrogens with one attached hydrogen (secondary N) is 2. The number of H-pyrrole nitrogens is 1. The van der Waals surface area contributed by atoms with Crippen LogP contribution in [0.15, 0.2) is 24.4 Å². The Balaban J connectivity index is 1.77. The number of aromatic nitrogens is 1. The predicted molar refractivity (Wildman–Crippen MR) is 71.8 cm³/mol. The number of anilines is 1. The summed E-state index contributed by atoms with van der Waals surface area (Å²) in [7, 11) is 0. The molecule has 1 aliphatic rings. The fourth-order valence-corrected chi connectivity index (χ4v) is 2.73. The van der Waals surface area contributed by atoms with E-state index in [9.17, 15) is 0 Å². The average Bonchev–Trinajstić information content (AvgIpc) is 2.94. The van der Waals surface area contributed by atoms with Gasteiger partial charge in [0, 0.05) is 35.4 Å². The molecule has 0 radical (unpaired) electrons. The first-order valence-corrected chi connectivity index (χ1v) is 6.42. The second-order valence-electron chi connectivity index (χ2n) is 4.98. The van der Waals surface area contributed by atoms with Gasteiger partial charge < -0.3 is 16.0 Å². The lowest BCUT2D eigenvalue weighted by Gasteiger charge is -2.10. The normalized spacial score (nSPS) is 16.9. The fourth-order valence-electron chi connectivity index (χ4n) is 2.73. The molecule has 0 saturated heterocycles. The second-order valence-corrected chi connectivity index (χ2v) is 4.98. The topological polar surface area (TPSA) is 53.8 Å². The Morgan fingerprint density at radius 1 is 1.29 bits per heavy atom. The fraction of sp³-hybridized carbons (Fsp3) is 0.429. The Morgan fingerprint density at radius 3 is 2.94 bits per heavy atom. The molecule has 0 bridgehead atoms. The molecule has 3 heteroatoms. The van der Waals surface area contributed by atoms with Crippen LogP contribution in [0.25, 0.3) is 10.9 Å². The van der Waals surface area contributed by atoms with Gasteiger partial charge in [0.15, 0.2) is 0 Å². The summed E-state index contributed by atoms with van der Waals surface area (Å²) in [5, 5.41) is 4.88. The van der Waals surface area contributed by atoms with E-state index < -0.39 is 0 Å². The maximum Gasteiger partial charge on any atom is 0.0458 e. The van der Waals surface area contributed by atoms with Crippen molar-refractivity contribution in [3.8, 4) is 0 Å². The van der Waals surface area contributed by atoms with Crippen LogP contribution in [0.4, 0.5) is 5.69 Å². The van der Waals surface area contributed by atoms with Gasteiger partial charge in [-0.2, -0.15) is 0 Å². The summed E-state index contributed by atoms with van der Waals surface area (Å²) < 4.78 is 0. The van der Waals surface area contributed by atoms with Gasteiger partial charge in [0.2, 0.25) is 0 Å². The van der Waals surface area contributed by atoms with Crippen molar-refractivity contribution in [3.05, 3.63) is 30.0 Å². The lowest BCUT2D eigenvalue weighted by atomic mass is 10.1. The van der Waals surface area contributed by atoms with Crippen molar-refractivity contribution in [2.24, 2.45) is 0 Å². The summed E-state index contributed by atoms with van der Waals surface area (Å²) in [6, 6.07) is 6.75. The Kier molecular flexibility index (Phi) is 2.77.